The lowest BCUT2D eigenvalue weighted by atomic mass is 10.1. The molecule has 0 amide bonds. The molecule has 108 valence electrons. The van der Waals surface area contributed by atoms with E-state index in [4.69, 9.17) is 5.26 Å². The average Bonchev–Trinajstić information content (AvgIpc) is 2.40. The lowest BCUT2D eigenvalue weighted by Gasteiger charge is -2.29. The molecule has 0 radical (unpaired) electrons. The van der Waals surface area contributed by atoms with Gasteiger partial charge in [-0.3, -0.25) is 0 Å². The lowest BCUT2D eigenvalue weighted by Crippen LogP contribution is -2.41. The molecular weight excluding hydrogens is 299 g/mol. The summed E-state index contributed by atoms with van der Waals surface area (Å²) in [6, 6.07) is 5.46. The Morgan fingerprint density at radius 3 is 2.95 bits per heavy atom. The highest BCUT2D eigenvalue weighted by molar-refractivity contribution is 8.00. The molecule has 0 N–H and O–H groups in total. The number of thioether (sulfide) groups is 1. The van der Waals surface area contributed by atoms with Crippen LogP contribution < -0.4 is 0 Å². The van der Waals surface area contributed by atoms with Gasteiger partial charge in [-0.1, -0.05) is 13.0 Å². The third-order valence-corrected chi connectivity index (χ3v) is 6.06. The van der Waals surface area contributed by atoms with E-state index in [1.54, 1.807) is 11.8 Å². The quantitative estimate of drug-likeness (QED) is 0.856. The zero-order valence-corrected chi connectivity index (χ0v) is 12.7. The van der Waals surface area contributed by atoms with Gasteiger partial charge in [0, 0.05) is 24.1 Å². The Labute approximate surface area is 122 Å². The van der Waals surface area contributed by atoms with E-state index in [-0.39, 0.29) is 16.6 Å². The first-order valence-corrected chi connectivity index (χ1v) is 8.86. The molecule has 7 heteroatoms. The van der Waals surface area contributed by atoms with Crippen LogP contribution in [-0.4, -0.2) is 36.8 Å². The van der Waals surface area contributed by atoms with E-state index >= 15 is 0 Å². The maximum atomic E-state index is 13.1. The Morgan fingerprint density at radius 1 is 1.55 bits per heavy atom. The largest absolute Gasteiger partial charge is 0.218 e. The van der Waals surface area contributed by atoms with E-state index in [1.165, 1.54) is 16.4 Å². The molecule has 1 aromatic rings. The van der Waals surface area contributed by atoms with Crippen molar-refractivity contribution in [2.75, 3.05) is 18.8 Å². The fourth-order valence-electron chi connectivity index (χ4n) is 2.11. The van der Waals surface area contributed by atoms with Crippen LogP contribution in [0.1, 0.15) is 18.1 Å². The zero-order valence-electron chi connectivity index (χ0n) is 11.0. The molecule has 1 atom stereocenters. The summed E-state index contributed by atoms with van der Waals surface area (Å²) >= 11 is 1.75. The summed E-state index contributed by atoms with van der Waals surface area (Å²) in [5.74, 6) is -0.0200. The summed E-state index contributed by atoms with van der Waals surface area (Å²) in [6.45, 7) is 2.96. The first kappa shape index (κ1) is 15.3. The van der Waals surface area contributed by atoms with Crippen LogP contribution in [0, 0.1) is 17.1 Å². The molecule has 1 saturated heterocycles. The molecule has 2 rings (SSSR count). The summed E-state index contributed by atoms with van der Waals surface area (Å²) in [5.41, 5.74) is 0.424. The predicted octanol–water partition coefficient (Wildman–Crippen LogP) is 1.96. The predicted molar refractivity (Wildman–Crippen MR) is 77.2 cm³/mol. The van der Waals surface area contributed by atoms with Crippen LogP contribution in [0.5, 0.6) is 0 Å². The number of hydrogen-bond acceptors (Lipinski definition) is 4. The second-order valence-corrected chi connectivity index (χ2v) is 8.22. The molecule has 0 unspecified atom stereocenters. The van der Waals surface area contributed by atoms with Crippen molar-refractivity contribution in [3.8, 4) is 6.07 Å². The van der Waals surface area contributed by atoms with Gasteiger partial charge < -0.3 is 0 Å². The smallest absolute Gasteiger partial charge is 0.212 e. The molecule has 4 nitrogen and oxygen atoms in total. The van der Waals surface area contributed by atoms with Gasteiger partial charge in [0.25, 0.3) is 0 Å². The Kier molecular flexibility index (Phi) is 4.68. The van der Waals surface area contributed by atoms with Gasteiger partial charge in [-0.15, -0.1) is 0 Å². The van der Waals surface area contributed by atoms with Crippen LogP contribution in [0.4, 0.5) is 4.39 Å². The second kappa shape index (κ2) is 6.12. The average molecular weight is 314 g/mol. The number of nitrogens with zero attached hydrogens (tertiary/aromatic N) is 2. The van der Waals surface area contributed by atoms with Gasteiger partial charge >= 0.3 is 0 Å². The number of nitriles is 1. The first-order chi connectivity index (χ1) is 9.42. The highest BCUT2D eigenvalue weighted by Crippen LogP contribution is 2.23. The molecular formula is C13H15FN2O2S2. The zero-order chi connectivity index (χ0) is 14.8. The van der Waals surface area contributed by atoms with Crippen molar-refractivity contribution < 1.29 is 12.8 Å². The van der Waals surface area contributed by atoms with E-state index < -0.39 is 15.8 Å². The Hall–Kier alpha value is -1.10. The van der Waals surface area contributed by atoms with Crippen LogP contribution in [0.25, 0.3) is 0 Å². The maximum absolute atomic E-state index is 13.1. The van der Waals surface area contributed by atoms with Crippen molar-refractivity contribution >= 4 is 21.8 Å². The molecule has 1 aliphatic heterocycles. The van der Waals surface area contributed by atoms with Crippen LogP contribution in [-0.2, 0) is 15.8 Å². The van der Waals surface area contributed by atoms with Crippen molar-refractivity contribution in [1.29, 1.82) is 5.26 Å². The van der Waals surface area contributed by atoms with Gasteiger partial charge in [-0.2, -0.15) is 21.3 Å². The lowest BCUT2D eigenvalue weighted by molar-refractivity contribution is 0.423. The standard InChI is InChI=1S/C13H15FN2O2S2/c1-10-8-16(4-5-19-10)20(17,18)9-11-2-3-13(14)6-12(11)7-15/h2-3,6,10H,4-5,8-9H2,1H3/t10-/m1/s1. The minimum absolute atomic E-state index is 0.0769. The van der Waals surface area contributed by atoms with E-state index in [0.717, 1.165) is 11.8 Å². The molecule has 0 bridgehead atoms. The summed E-state index contributed by atoms with van der Waals surface area (Å²) in [7, 11) is -3.47. The van der Waals surface area contributed by atoms with Gasteiger partial charge in [0.1, 0.15) is 5.82 Å². The Balaban J connectivity index is 2.22. The fourth-order valence-corrected chi connectivity index (χ4v) is 4.98. The number of halogens is 1. The molecule has 0 spiro atoms. The fraction of sp³-hybridized carbons (Fsp3) is 0.462. The van der Waals surface area contributed by atoms with Crippen LogP contribution in [0.15, 0.2) is 18.2 Å². The summed E-state index contributed by atoms with van der Waals surface area (Å²) in [5, 5.41) is 9.23. The Bertz CT molecular complexity index is 640. The number of sulfonamides is 1. The Morgan fingerprint density at radius 2 is 2.30 bits per heavy atom. The van der Waals surface area contributed by atoms with Gasteiger partial charge in [0.2, 0.25) is 10.0 Å². The van der Waals surface area contributed by atoms with Crippen LogP contribution in [0.2, 0.25) is 0 Å². The topological polar surface area (TPSA) is 61.2 Å². The third kappa shape index (κ3) is 3.51. The molecule has 0 saturated carbocycles. The van der Waals surface area contributed by atoms with Crippen molar-refractivity contribution in [3.63, 3.8) is 0 Å². The van der Waals surface area contributed by atoms with E-state index in [2.05, 4.69) is 0 Å². The highest BCUT2D eigenvalue weighted by atomic mass is 32.2. The molecule has 1 aromatic carbocycles. The van der Waals surface area contributed by atoms with Gasteiger partial charge in [-0.25, -0.2) is 12.8 Å². The molecule has 20 heavy (non-hydrogen) atoms. The van der Waals surface area contributed by atoms with E-state index in [9.17, 15) is 12.8 Å². The molecule has 1 heterocycles. The minimum Gasteiger partial charge on any atom is -0.212 e. The second-order valence-electron chi connectivity index (χ2n) is 4.71. The van der Waals surface area contributed by atoms with Crippen LogP contribution in [0.3, 0.4) is 0 Å². The van der Waals surface area contributed by atoms with Gasteiger partial charge in [-0.05, 0) is 17.7 Å². The van der Waals surface area contributed by atoms with Gasteiger partial charge in [0.05, 0.1) is 17.4 Å². The monoisotopic (exact) mass is 314 g/mol. The van der Waals surface area contributed by atoms with Crippen LogP contribution >= 0.6 is 11.8 Å². The molecule has 0 aromatic heterocycles. The number of rotatable bonds is 3. The van der Waals surface area contributed by atoms with Crippen molar-refractivity contribution in [3.05, 3.63) is 35.1 Å². The SMILES string of the molecule is C[C@@H]1CN(S(=O)(=O)Cc2ccc(F)cc2C#N)CCS1. The number of hydrogen-bond donors (Lipinski definition) is 0. The maximum Gasteiger partial charge on any atom is 0.218 e. The summed E-state index contributed by atoms with van der Waals surface area (Å²) in [6.07, 6.45) is 0. The first-order valence-electron chi connectivity index (χ1n) is 6.20. The minimum atomic E-state index is -3.47. The summed E-state index contributed by atoms with van der Waals surface area (Å²) in [4.78, 5) is 0. The van der Waals surface area contributed by atoms with Crippen molar-refractivity contribution in [2.45, 2.75) is 17.9 Å². The molecule has 1 aliphatic rings. The van der Waals surface area contributed by atoms with E-state index in [1.807, 2.05) is 13.0 Å². The van der Waals surface area contributed by atoms with Crippen molar-refractivity contribution in [2.24, 2.45) is 0 Å². The molecule has 1 fully saturated rings. The highest BCUT2D eigenvalue weighted by Gasteiger charge is 2.28. The number of benzene rings is 1. The normalized spacial score (nSPS) is 20.6. The van der Waals surface area contributed by atoms with Crippen molar-refractivity contribution in [1.82, 2.24) is 4.31 Å². The summed E-state index contributed by atoms with van der Waals surface area (Å²) < 4.78 is 39.3. The van der Waals surface area contributed by atoms with Gasteiger partial charge in [0.15, 0.2) is 0 Å². The third-order valence-electron chi connectivity index (χ3n) is 3.13. The van der Waals surface area contributed by atoms with E-state index in [0.29, 0.717) is 18.7 Å². The molecule has 0 aliphatic carbocycles.